The third kappa shape index (κ3) is 2.03. The number of anilines is 1. The number of aliphatic hydroxyl groups excluding tert-OH is 2. The van der Waals surface area contributed by atoms with Crippen molar-refractivity contribution in [2.45, 2.75) is 6.04 Å². The summed E-state index contributed by atoms with van der Waals surface area (Å²) >= 11 is 0. The summed E-state index contributed by atoms with van der Waals surface area (Å²) in [5, 5.41) is 22.2. The zero-order valence-corrected chi connectivity index (χ0v) is 9.22. The van der Waals surface area contributed by atoms with Gasteiger partial charge in [-0.1, -0.05) is 0 Å². The highest BCUT2D eigenvalue weighted by atomic mass is 16.3. The minimum absolute atomic E-state index is 0.0800. The Morgan fingerprint density at radius 3 is 2.69 bits per heavy atom. The smallest absolute Gasteiger partial charge is 0.0723 e. The quantitative estimate of drug-likeness (QED) is 0.719. The van der Waals surface area contributed by atoms with Gasteiger partial charge >= 0.3 is 0 Å². The van der Waals surface area contributed by atoms with E-state index in [-0.39, 0.29) is 19.3 Å². The SMILES string of the molecule is Cn1ccc2cc(NC(CO)CO)ccc21. The predicted octanol–water partition coefficient (Wildman–Crippen LogP) is 0.943. The number of aliphatic hydroxyl groups is 2. The number of rotatable bonds is 4. The van der Waals surface area contributed by atoms with E-state index in [1.165, 1.54) is 0 Å². The van der Waals surface area contributed by atoms with Gasteiger partial charge in [0.15, 0.2) is 0 Å². The van der Waals surface area contributed by atoms with E-state index in [1.54, 1.807) is 0 Å². The van der Waals surface area contributed by atoms with Crippen LogP contribution >= 0.6 is 0 Å². The van der Waals surface area contributed by atoms with E-state index in [4.69, 9.17) is 10.2 Å². The van der Waals surface area contributed by atoms with Gasteiger partial charge in [-0.25, -0.2) is 0 Å². The first kappa shape index (κ1) is 11.0. The molecule has 0 saturated carbocycles. The molecule has 1 aromatic carbocycles. The van der Waals surface area contributed by atoms with Gasteiger partial charge in [0.25, 0.3) is 0 Å². The average Bonchev–Trinajstić information content (AvgIpc) is 2.68. The molecule has 1 aromatic heterocycles. The molecule has 4 nitrogen and oxygen atoms in total. The Balaban J connectivity index is 2.25. The highest BCUT2D eigenvalue weighted by Crippen LogP contribution is 2.20. The Morgan fingerprint density at radius 1 is 1.25 bits per heavy atom. The van der Waals surface area contributed by atoms with Gasteiger partial charge in [0, 0.05) is 29.8 Å². The second-order valence-corrected chi connectivity index (χ2v) is 3.91. The molecule has 0 aliphatic heterocycles. The number of hydrogen-bond acceptors (Lipinski definition) is 3. The van der Waals surface area contributed by atoms with Gasteiger partial charge in [0.2, 0.25) is 0 Å². The highest BCUT2D eigenvalue weighted by molar-refractivity contribution is 5.83. The molecule has 4 heteroatoms. The van der Waals surface area contributed by atoms with Gasteiger partial charge < -0.3 is 20.1 Å². The Hall–Kier alpha value is -1.52. The van der Waals surface area contributed by atoms with E-state index in [9.17, 15) is 0 Å². The Bertz CT molecular complexity index is 475. The lowest BCUT2D eigenvalue weighted by Gasteiger charge is -2.14. The van der Waals surface area contributed by atoms with E-state index in [2.05, 4.69) is 9.88 Å². The van der Waals surface area contributed by atoms with E-state index < -0.39 is 0 Å². The van der Waals surface area contributed by atoms with Crippen molar-refractivity contribution in [1.82, 2.24) is 4.57 Å². The Labute approximate surface area is 94.1 Å². The largest absolute Gasteiger partial charge is 0.394 e. The summed E-state index contributed by atoms with van der Waals surface area (Å²) in [6.45, 7) is -0.160. The molecule has 0 aliphatic carbocycles. The molecular formula is C12H16N2O2. The van der Waals surface area contributed by atoms with Crippen LogP contribution in [0.1, 0.15) is 0 Å². The van der Waals surface area contributed by atoms with Crippen LogP contribution in [0.2, 0.25) is 0 Å². The number of hydrogen-bond donors (Lipinski definition) is 3. The van der Waals surface area contributed by atoms with Gasteiger partial charge in [0.1, 0.15) is 0 Å². The van der Waals surface area contributed by atoms with Gasteiger partial charge in [-0.2, -0.15) is 0 Å². The maximum Gasteiger partial charge on any atom is 0.0723 e. The Morgan fingerprint density at radius 2 is 2.00 bits per heavy atom. The lowest BCUT2D eigenvalue weighted by atomic mass is 10.2. The van der Waals surface area contributed by atoms with E-state index in [1.807, 2.05) is 37.5 Å². The van der Waals surface area contributed by atoms with Gasteiger partial charge in [0.05, 0.1) is 19.3 Å². The first-order valence-corrected chi connectivity index (χ1v) is 5.28. The monoisotopic (exact) mass is 220 g/mol. The number of nitrogens with one attached hydrogen (secondary N) is 1. The van der Waals surface area contributed by atoms with Gasteiger partial charge in [-0.3, -0.25) is 0 Å². The zero-order chi connectivity index (χ0) is 11.5. The molecule has 16 heavy (non-hydrogen) atoms. The number of aryl methyl sites for hydroxylation is 1. The molecule has 0 unspecified atom stereocenters. The fraction of sp³-hybridized carbons (Fsp3) is 0.333. The summed E-state index contributed by atoms with van der Waals surface area (Å²) in [4.78, 5) is 0. The molecule has 0 fully saturated rings. The first-order chi connectivity index (χ1) is 7.74. The molecule has 0 aliphatic rings. The fourth-order valence-electron chi connectivity index (χ4n) is 1.76. The minimum atomic E-state index is -0.304. The summed E-state index contributed by atoms with van der Waals surface area (Å²) in [5.74, 6) is 0. The van der Waals surface area contributed by atoms with Crippen LogP contribution in [-0.4, -0.2) is 34.0 Å². The van der Waals surface area contributed by atoms with Crippen molar-refractivity contribution in [3.8, 4) is 0 Å². The molecule has 2 rings (SSSR count). The van der Waals surface area contributed by atoms with Crippen LogP contribution in [0.15, 0.2) is 30.5 Å². The third-order valence-corrected chi connectivity index (χ3v) is 2.70. The molecule has 2 aromatic rings. The summed E-state index contributed by atoms with van der Waals surface area (Å²) in [6.07, 6.45) is 2.00. The maximum atomic E-state index is 8.98. The topological polar surface area (TPSA) is 57.4 Å². The molecule has 0 radical (unpaired) electrons. The fourth-order valence-corrected chi connectivity index (χ4v) is 1.76. The lowest BCUT2D eigenvalue weighted by molar-refractivity contribution is 0.204. The van der Waals surface area contributed by atoms with Crippen LogP contribution in [0.4, 0.5) is 5.69 Å². The molecule has 86 valence electrons. The standard InChI is InChI=1S/C12H16N2O2/c1-14-5-4-9-6-10(2-3-12(9)14)13-11(7-15)8-16/h2-6,11,13,15-16H,7-8H2,1H3. The van der Waals surface area contributed by atoms with E-state index >= 15 is 0 Å². The molecule has 0 atom stereocenters. The zero-order valence-electron chi connectivity index (χ0n) is 9.22. The molecule has 1 heterocycles. The predicted molar refractivity (Wildman–Crippen MR) is 64.5 cm³/mol. The maximum absolute atomic E-state index is 8.98. The Kier molecular flexibility index (Phi) is 3.12. The number of nitrogens with zero attached hydrogens (tertiary/aromatic N) is 1. The van der Waals surface area contributed by atoms with Crippen LogP contribution in [-0.2, 0) is 7.05 Å². The number of aromatic nitrogens is 1. The molecule has 0 saturated heterocycles. The normalized spacial score (nSPS) is 11.2. The first-order valence-electron chi connectivity index (χ1n) is 5.28. The summed E-state index contributed by atoms with van der Waals surface area (Å²) in [7, 11) is 2.00. The molecule has 3 N–H and O–H groups in total. The van der Waals surface area contributed by atoms with Crippen molar-refractivity contribution in [2.75, 3.05) is 18.5 Å². The van der Waals surface area contributed by atoms with Gasteiger partial charge in [-0.15, -0.1) is 0 Å². The summed E-state index contributed by atoms with van der Waals surface area (Å²) in [6, 6.07) is 7.70. The second kappa shape index (κ2) is 4.55. The summed E-state index contributed by atoms with van der Waals surface area (Å²) < 4.78 is 2.05. The van der Waals surface area contributed by atoms with Crippen LogP contribution in [0.3, 0.4) is 0 Å². The average molecular weight is 220 g/mol. The summed E-state index contributed by atoms with van der Waals surface area (Å²) in [5.41, 5.74) is 2.07. The highest BCUT2D eigenvalue weighted by Gasteiger charge is 2.06. The molecule has 0 bridgehead atoms. The van der Waals surface area contributed by atoms with Crippen molar-refractivity contribution in [3.05, 3.63) is 30.5 Å². The van der Waals surface area contributed by atoms with E-state index in [0.717, 1.165) is 16.6 Å². The van der Waals surface area contributed by atoms with Crippen molar-refractivity contribution in [1.29, 1.82) is 0 Å². The van der Waals surface area contributed by atoms with Crippen LogP contribution in [0.25, 0.3) is 10.9 Å². The minimum Gasteiger partial charge on any atom is -0.394 e. The van der Waals surface area contributed by atoms with Crippen molar-refractivity contribution in [3.63, 3.8) is 0 Å². The van der Waals surface area contributed by atoms with Crippen LogP contribution < -0.4 is 5.32 Å². The number of fused-ring (bicyclic) bond motifs is 1. The van der Waals surface area contributed by atoms with Crippen LogP contribution in [0.5, 0.6) is 0 Å². The van der Waals surface area contributed by atoms with Crippen molar-refractivity contribution >= 4 is 16.6 Å². The van der Waals surface area contributed by atoms with Crippen molar-refractivity contribution in [2.24, 2.45) is 7.05 Å². The molecular weight excluding hydrogens is 204 g/mol. The molecule has 0 spiro atoms. The molecule has 0 amide bonds. The second-order valence-electron chi connectivity index (χ2n) is 3.91. The van der Waals surface area contributed by atoms with Crippen molar-refractivity contribution < 1.29 is 10.2 Å². The lowest BCUT2D eigenvalue weighted by Crippen LogP contribution is -2.27. The van der Waals surface area contributed by atoms with Crippen LogP contribution in [0, 0.1) is 0 Å². The number of benzene rings is 1. The third-order valence-electron chi connectivity index (χ3n) is 2.70. The van der Waals surface area contributed by atoms with Gasteiger partial charge in [-0.05, 0) is 24.3 Å². The van der Waals surface area contributed by atoms with E-state index in [0.29, 0.717) is 0 Å².